The average molecular weight is 405 g/mol. The van der Waals surface area contributed by atoms with E-state index in [1.54, 1.807) is 49.4 Å². The Morgan fingerprint density at radius 3 is 2.36 bits per heavy atom. The van der Waals surface area contributed by atoms with Crippen LogP contribution in [0, 0.1) is 5.82 Å². The first kappa shape index (κ1) is 21.9. The van der Waals surface area contributed by atoms with Gasteiger partial charge in [0.05, 0.1) is 6.42 Å². The number of amides is 2. The zero-order chi connectivity index (χ0) is 20.7. The summed E-state index contributed by atoms with van der Waals surface area (Å²) in [4.78, 5) is 27.0. The van der Waals surface area contributed by atoms with Crippen LogP contribution in [0.2, 0.25) is 5.02 Å². The molecule has 2 rings (SSSR count). The molecule has 6 heteroatoms. The van der Waals surface area contributed by atoms with Crippen LogP contribution in [0.5, 0.6) is 0 Å². The molecule has 0 radical (unpaired) electrons. The van der Waals surface area contributed by atoms with Gasteiger partial charge in [-0.05, 0) is 44.0 Å². The third kappa shape index (κ3) is 6.06. The highest BCUT2D eigenvalue weighted by atomic mass is 35.5. The van der Waals surface area contributed by atoms with Gasteiger partial charge < -0.3 is 10.2 Å². The molecule has 2 atom stereocenters. The zero-order valence-electron chi connectivity index (χ0n) is 16.4. The predicted octanol–water partition coefficient (Wildman–Crippen LogP) is 4.35. The van der Waals surface area contributed by atoms with Crippen LogP contribution in [0.4, 0.5) is 4.39 Å². The Kier molecular flexibility index (Phi) is 8.00. The summed E-state index contributed by atoms with van der Waals surface area (Å²) >= 11 is 5.90. The number of halogens is 2. The molecule has 1 N–H and O–H groups in total. The van der Waals surface area contributed by atoms with Gasteiger partial charge in [0.15, 0.2) is 0 Å². The molecule has 0 spiro atoms. The Morgan fingerprint density at radius 2 is 1.75 bits per heavy atom. The minimum atomic E-state index is -0.728. The van der Waals surface area contributed by atoms with Gasteiger partial charge in [0.1, 0.15) is 11.9 Å². The van der Waals surface area contributed by atoms with E-state index >= 15 is 0 Å². The highest BCUT2D eigenvalue weighted by Crippen LogP contribution is 2.16. The maximum Gasteiger partial charge on any atom is 0.242 e. The minimum Gasteiger partial charge on any atom is -0.352 e. The Labute approximate surface area is 170 Å². The molecule has 0 saturated carbocycles. The van der Waals surface area contributed by atoms with Gasteiger partial charge in [-0.15, -0.1) is 0 Å². The standard InChI is InChI=1S/C22H26ClFN2O2/c1-4-15(2)25-22(28)16(3)26(14-18-7-5-6-8-20(18)24)21(27)13-17-9-11-19(23)12-10-17/h5-12,15-16H,4,13-14H2,1-3H3,(H,25,28)/t15-,16-/m1/s1. The minimum absolute atomic E-state index is 0.00312. The molecule has 2 amide bonds. The number of hydrogen-bond donors (Lipinski definition) is 1. The van der Waals surface area contributed by atoms with Crippen LogP contribution in [-0.2, 0) is 22.6 Å². The number of rotatable bonds is 8. The molecule has 0 saturated heterocycles. The fourth-order valence-corrected chi connectivity index (χ4v) is 2.86. The molecule has 0 aliphatic carbocycles. The van der Waals surface area contributed by atoms with Crippen LogP contribution < -0.4 is 5.32 Å². The summed E-state index contributed by atoms with van der Waals surface area (Å²) < 4.78 is 14.2. The van der Waals surface area contributed by atoms with E-state index < -0.39 is 11.9 Å². The van der Waals surface area contributed by atoms with Gasteiger partial charge in [-0.3, -0.25) is 9.59 Å². The molecule has 0 aromatic heterocycles. The Balaban J connectivity index is 2.23. The smallest absolute Gasteiger partial charge is 0.242 e. The van der Waals surface area contributed by atoms with E-state index in [0.717, 1.165) is 12.0 Å². The van der Waals surface area contributed by atoms with E-state index in [-0.39, 0.29) is 30.8 Å². The topological polar surface area (TPSA) is 49.4 Å². The van der Waals surface area contributed by atoms with Crippen molar-refractivity contribution in [1.82, 2.24) is 10.2 Å². The number of carbonyl (C=O) groups is 2. The first-order chi connectivity index (χ1) is 13.3. The maximum atomic E-state index is 14.2. The molecule has 4 nitrogen and oxygen atoms in total. The molecular formula is C22H26ClFN2O2. The lowest BCUT2D eigenvalue weighted by molar-refractivity contribution is -0.140. The fraction of sp³-hybridized carbons (Fsp3) is 0.364. The number of nitrogens with zero attached hydrogens (tertiary/aromatic N) is 1. The molecule has 0 fully saturated rings. The molecular weight excluding hydrogens is 379 g/mol. The average Bonchev–Trinajstić information content (AvgIpc) is 2.68. The molecule has 0 unspecified atom stereocenters. The van der Waals surface area contributed by atoms with Crippen LogP contribution in [-0.4, -0.2) is 28.8 Å². The monoisotopic (exact) mass is 404 g/mol. The predicted molar refractivity (Wildman–Crippen MR) is 109 cm³/mol. The van der Waals surface area contributed by atoms with Crippen molar-refractivity contribution in [3.63, 3.8) is 0 Å². The SMILES string of the molecule is CC[C@@H](C)NC(=O)[C@@H](C)N(Cc1ccccc1F)C(=O)Cc1ccc(Cl)cc1. The van der Waals surface area contributed by atoms with Gasteiger partial charge in [-0.25, -0.2) is 4.39 Å². The normalized spacial score (nSPS) is 12.9. The molecule has 150 valence electrons. The van der Waals surface area contributed by atoms with E-state index in [2.05, 4.69) is 5.32 Å². The van der Waals surface area contributed by atoms with Crippen molar-refractivity contribution in [1.29, 1.82) is 0 Å². The number of carbonyl (C=O) groups excluding carboxylic acids is 2. The zero-order valence-corrected chi connectivity index (χ0v) is 17.2. The second-order valence-electron chi connectivity index (χ2n) is 6.91. The maximum absolute atomic E-state index is 14.2. The van der Waals surface area contributed by atoms with Crippen LogP contribution >= 0.6 is 11.6 Å². The summed E-state index contributed by atoms with van der Waals surface area (Å²) in [6.45, 7) is 5.56. The summed E-state index contributed by atoms with van der Waals surface area (Å²) in [6.07, 6.45) is 0.886. The third-order valence-electron chi connectivity index (χ3n) is 4.74. The van der Waals surface area contributed by atoms with Crippen molar-refractivity contribution in [2.24, 2.45) is 0 Å². The van der Waals surface area contributed by atoms with E-state index in [1.807, 2.05) is 13.8 Å². The molecule has 0 heterocycles. The summed E-state index contributed by atoms with van der Waals surface area (Å²) in [7, 11) is 0. The highest BCUT2D eigenvalue weighted by Gasteiger charge is 2.27. The van der Waals surface area contributed by atoms with E-state index in [9.17, 15) is 14.0 Å². The van der Waals surface area contributed by atoms with Gasteiger partial charge >= 0.3 is 0 Å². The van der Waals surface area contributed by atoms with Gasteiger partial charge in [0.2, 0.25) is 11.8 Å². The van der Waals surface area contributed by atoms with Crippen molar-refractivity contribution in [2.75, 3.05) is 0 Å². The Hall–Kier alpha value is -2.40. The molecule has 2 aromatic carbocycles. The molecule has 28 heavy (non-hydrogen) atoms. The summed E-state index contributed by atoms with van der Waals surface area (Å²) in [6, 6.07) is 12.5. The van der Waals surface area contributed by atoms with Crippen LogP contribution in [0.15, 0.2) is 48.5 Å². The van der Waals surface area contributed by atoms with Gasteiger partial charge in [-0.2, -0.15) is 0 Å². The summed E-state index contributed by atoms with van der Waals surface area (Å²) in [5.74, 6) is -0.908. The molecule has 0 aliphatic heterocycles. The van der Waals surface area contributed by atoms with E-state index in [1.165, 1.54) is 11.0 Å². The first-order valence-electron chi connectivity index (χ1n) is 9.39. The van der Waals surface area contributed by atoms with Gasteiger partial charge in [0, 0.05) is 23.2 Å². The highest BCUT2D eigenvalue weighted by molar-refractivity contribution is 6.30. The quantitative estimate of drug-likeness (QED) is 0.710. The van der Waals surface area contributed by atoms with Crippen LogP contribution in [0.3, 0.4) is 0 Å². The van der Waals surface area contributed by atoms with Crippen molar-refractivity contribution >= 4 is 23.4 Å². The largest absolute Gasteiger partial charge is 0.352 e. The second-order valence-corrected chi connectivity index (χ2v) is 7.35. The Morgan fingerprint density at radius 1 is 1.11 bits per heavy atom. The molecule has 0 aliphatic rings. The van der Waals surface area contributed by atoms with Crippen molar-refractivity contribution < 1.29 is 14.0 Å². The molecule has 0 bridgehead atoms. The first-order valence-corrected chi connectivity index (χ1v) is 9.77. The van der Waals surface area contributed by atoms with Crippen molar-refractivity contribution in [2.45, 2.75) is 52.2 Å². The number of nitrogens with one attached hydrogen (secondary N) is 1. The van der Waals surface area contributed by atoms with Crippen LogP contribution in [0.1, 0.15) is 38.3 Å². The van der Waals surface area contributed by atoms with E-state index in [4.69, 9.17) is 11.6 Å². The molecule has 2 aromatic rings. The fourth-order valence-electron chi connectivity index (χ4n) is 2.74. The van der Waals surface area contributed by atoms with Crippen molar-refractivity contribution in [3.8, 4) is 0 Å². The lowest BCUT2D eigenvalue weighted by atomic mass is 10.1. The number of hydrogen-bond acceptors (Lipinski definition) is 2. The van der Waals surface area contributed by atoms with E-state index in [0.29, 0.717) is 10.6 Å². The summed E-state index contributed by atoms with van der Waals surface area (Å²) in [5, 5.41) is 3.48. The summed E-state index contributed by atoms with van der Waals surface area (Å²) in [5.41, 5.74) is 1.15. The van der Waals surface area contributed by atoms with Crippen LogP contribution in [0.25, 0.3) is 0 Å². The van der Waals surface area contributed by atoms with Gasteiger partial charge in [0.25, 0.3) is 0 Å². The third-order valence-corrected chi connectivity index (χ3v) is 4.99. The Bertz CT molecular complexity index is 810. The van der Waals surface area contributed by atoms with Gasteiger partial charge in [-0.1, -0.05) is 48.9 Å². The lowest BCUT2D eigenvalue weighted by Crippen LogP contribution is -2.50. The second kappa shape index (κ2) is 10.2. The lowest BCUT2D eigenvalue weighted by Gasteiger charge is -2.30. The van der Waals surface area contributed by atoms with Crippen molar-refractivity contribution in [3.05, 3.63) is 70.5 Å². The number of benzene rings is 2.